The van der Waals surface area contributed by atoms with E-state index >= 15 is 0 Å². The minimum Gasteiger partial charge on any atom is 0 e. The molecule has 0 aliphatic rings. The van der Waals surface area contributed by atoms with Crippen molar-refractivity contribution < 1.29 is 55.7 Å². The zero-order valence-corrected chi connectivity index (χ0v) is 6.79. The molecule has 0 aromatic carbocycles. The van der Waals surface area contributed by atoms with E-state index in [4.69, 9.17) is 0 Å². The predicted molar refractivity (Wildman–Crippen MR) is 5.75 cm³/mol. The van der Waals surface area contributed by atoms with Crippen LogP contribution < -0.4 is 0 Å². The van der Waals surface area contributed by atoms with Crippen molar-refractivity contribution in [3.05, 3.63) is 0 Å². The first-order chi connectivity index (χ1) is 0. The minimum absolute atomic E-state index is 0. The average molecular weight is 300 g/mol. The van der Waals surface area contributed by atoms with Crippen LogP contribution in [0.1, 0.15) is 0 Å². The fourth-order valence-corrected chi connectivity index (χ4v) is 0. The Morgan fingerprint density at radius 2 is 1.00 bits per heavy atom. The third kappa shape index (κ3) is 8.85. The normalized spacial score (nSPS) is 0. The summed E-state index contributed by atoms with van der Waals surface area (Å²) < 4.78 is 0. The topological polar surface area (TPSA) is 0 Å². The number of hydrogen-bond acceptors (Lipinski definition) is 0. The Morgan fingerprint density at radius 1 is 1.00 bits per heavy atom. The smallest absolute Gasteiger partial charge is 0 e. The van der Waals surface area contributed by atoms with Gasteiger partial charge in [-0.15, -0.1) is 0 Å². The van der Waals surface area contributed by atoms with Crippen LogP contribution in [0.25, 0.3) is 0 Å². The molecular formula is AgAsCoNi. The molecule has 0 nitrogen and oxygen atoms in total. The Kier molecular flexibility index (Phi) is 155. The first-order valence-corrected chi connectivity index (χ1v) is 0. The Balaban J connectivity index is 0. The van der Waals surface area contributed by atoms with E-state index in [1.54, 1.807) is 0 Å². The van der Waals surface area contributed by atoms with Crippen molar-refractivity contribution in [3.8, 4) is 0 Å². The second-order valence-electron chi connectivity index (χ2n) is 0. The summed E-state index contributed by atoms with van der Waals surface area (Å²) in [7, 11) is 0. The van der Waals surface area contributed by atoms with Crippen LogP contribution in [0.2, 0.25) is 0 Å². The van der Waals surface area contributed by atoms with Gasteiger partial charge in [0.1, 0.15) is 0 Å². The zero-order valence-electron chi connectivity index (χ0n) is 1.40. The van der Waals surface area contributed by atoms with Crippen LogP contribution in [0.15, 0.2) is 0 Å². The van der Waals surface area contributed by atoms with Gasteiger partial charge >= 0.3 is 0 Å². The van der Waals surface area contributed by atoms with Crippen molar-refractivity contribution >= 4 is 18.0 Å². The van der Waals surface area contributed by atoms with Gasteiger partial charge in [-0.2, -0.15) is 0 Å². The molecule has 0 heterocycles. The molecule has 0 unspecified atom stereocenters. The Bertz CT molecular complexity index is 8.00. The first kappa shape index (κ1) is 33.5. The molecule has 0 aliphatic heterocycles. The molecule has 0 saturated heterocycles. The van der Waals surface area contributed by atoms with Crippen molar-refractivity contribution in [2.75, 3.05) is 0 Å². The molecule has 0 aromatic rings. The van der Waals surface area contributed by atoms with Gasteiger partial charge < -0.3 is 0 Å². The zero-order chi connectivity index (χ0) is 0. The first-order valence-electron chi connectivity index (χ1n) is 0. The van der Waals surface area contributed by atoms with E-state index in [2.05, 4.69) is 0 Å². The Morgan fingerprint density at radius 3 is 1.00 bits per heavy atom. The Labute approximate surface area is 72.8 Å². The van der Waals surface area contributed by atoms with Crippen LogP contribution in [0.4, 0.5) is 0 Å². The molecule has 0 bridgehead atoms. The van der Waals surface area contributed by atoms with Crippen LogP contribution in [0, 0.1) is 0 Å². The summed E-state index contributed by atoms with van der Waals surface area (Å²) in [5, 5.41) is 0. The monoisotopic (exact) mass is 299 g/mol. The number of hydrogen-bond donors (Lipinski definition) is 0. The summed E-state index contributed by atoms with van der Waals surface area (Å²) in [6, 6.07) is 0. The fourth-order valence-electron chi connectivity index (χ4n) is 0. The van der Waals surface area contributed by atoms with E-state index in [9.17, 15) is 0 Å². The second-order valence-corrected chi connectivity index (χ2v) is 0. The number of rotatable bonds is 0. The molecule has 4 heavy (non-hydrogen) atoms. The molecular weight excluding hydrogens is 300 g/mol. The predicted octanol–water partition coefficient (Wildman–Crippen LogP) is -0.388. The second kappa shape index (κ2) is 18.5. The van der Waals surface area contributed by atoms with Crippen molar-refractivity contribution in [1.29, 1.82) is 0 Å². The summed E-state index contributed by atoms with van der Waals surface area (Å²) in [6.45, 7) is 0. The maximum Gasteiger partial charge on any atom is 0 e. The van der Waals surface area contributed by atoms with E-state index in [-0.39, 0.29) is 73.6 Å². The SMILES string of the molecule is [Ag].[As].[Co].[Ni]. The van der Waals surface area contributed by atoms with E-state index in [1.807, 2.05) is 0 Å². The van der Waals surface area contributed by atoms with Crippen molar-refractivity contribution in [2.24, 2.45) is 0 Å². The summed E-state index contributed by atoms with van der Waals surface area (Å²) in [4.78, 5) is 0. The van der Waals surface area contributed by atoms with Crippen LogP contribution in [0.3, 0.4) is 0 Å². The third-order valence-corrected chi connectivity index (χ3v) is 0. The van der Waals surface area contributed by atoms with Gasteiger partial charge in [0.15, 0.2) is 0 Å². The van der Waals surface area contributed by atoms with Crippen LogP contribution in [-0.2, 0) is 55.7 Å². The summed E-state index contributed by atoms with van der Waals surface area (Å²) in [6.07, 6.45) is 0. The minimum atomic E-state index is 0. The van der Waals surface area contributed by atoms with Gasteiger partial charge in [-0.25, -0.2) is 0 Å². The quantitative estimate of drug-likeness (QED) is 0.535. The third-order valence-electron chi connectivity index (χ3n) is 0. The molecule has 0 aliphatic carbocycles. The van der Waals surface area contributed by atoms with Crippen molar-refractivity contribution in [2.45, 2.75) is 0 Å². The van der Waals surface area contributed by atoms with E-state index in [0.717, 1.165) is 0 Å². The summed E-state index contributed by atoms with van der Waals surface area (Å²) >= 11 is 0. The molecule has 0 atom stereocenters. The molecule has 4 heteroatoms. The van der Waals surface area contributed by atoms with Crippen LogP contribution >= 0.6 is 0 Å². The molecule has 0 rings (SSSR count). The van der Waals surface area contributed by atoms with Gasteiger partial charge in [-0.1, -0.05) is 0 Å². The molecule has 0 fully saturated rings. The van der Waals surface area contributed by atoms with Crippen LogP contribution in [0.5, 0.6) is 0 Å². The Hall–Kier alpha value is 2.30. The average Bonchev–Trinajstić information content (AvgIpc) is 0. The van der Waals surface area contributed by atoms with Crippen LogP contribution in [-0.4, -0.2) is 18.0 Å². The summed E-state index contributed by atoms with van der Waals surface area (Å²) in [5.74, 6) is 0. The molecule has 0 amide bonds. The van der Waals surface area contributed by atoms with Gasteiger partial charge in [0.2, 0.25) is 0 Å². The maximum absolute atomic E-state index is 0. The van der Waals surface area contributed by atoms with E-state index in [0.29, 0.717) is 0 Å². The maximum atomic E-state index is 0. The van der Waals surface area contributed by atoms with Gasteiger partial charge in [0, 0.05) is 73.6 Å². The molecule has 5 radical (unpaired) electrons. The summed E-state index contributed by atoms with van der Waals surface area (Å²) in [5.41, 5.74) is 0. The molecule has 0 aromatic heterocycles. The molecule has 0 saturated carbocycles. The van der Waals surface area contributed by atoms with Crippen molar-refractivity contribution in [3.63, 3.8) is 0 Å². The van der Waals surface area contributed by atoms with Crippen molar-refractivity contribution in [1.82, 2.24) is 0 Å². The largest absolute Gasteiger partial charge is 0 e. The fraction of sp³-hybridized carbons (Fsp3) is 0. The molecule has 35 valence electrons. The van der Waals surface area contributed by atoms with E-state index < -0.39 is 0 Å². The molecule has 0 N–H and O–H groups in total. The standard InChI is InChI=1S/Ag.As.Co.Ni. The van der Waals surface area contributed by atoms with Gasteiger partial charge in [-0.05, 0) is 0 Å². The van der Waals surface area contributed by atoms with Gasteiger partial charge in [-0.3, -0.25) is 0 Å². The molecule has 0 spiro atoms. The van der Waals surface area contributed by atoms with E-state index in [1.165, 1.54) is 0 Å². The van der Waals surface area contributed by atoms with Gasteiger partial charge in [0.25, 0.3) is 0 Å². The van der Waals surface area contributed by atoms with Gasteiger partial charge in [0.05, 0.1) is 0 Å².